The molecule has 0 saturated carbocycles. The van der Waals surface area contributed by atoms with E-state index in [-0.39, 0.29) is 18.1 Å². The van der Waals surface area contributed by atoms with Crippen LogP contribution in [0.2, 0.25) is 0 Å². The molecule has 0 amide bonds. The molecule has 16 heavy (non-hydrogen) atoms. The molecule has 0 aliphatic carbocycles. The Morgan fingerprint density at radius 3 is 2.62 bits per heavy atom. The highest BCUT2D eigenvalue weighted by Gasteiger charge is 2.35. The van der Waals surface area contributed by atoms with Crippen LogP contribution in [-0.2, 0) is 14.6 Å². The van der Waals surface area contributed by atoms with Crippen molar-refractivity contribution in [3.8, 4) is 5.75 Å². The molecule has 1 fully saturated rings. The van der Waals surface area contributed by atoms with Crippen LogP contribution >= 0.6 is 15.9 Å². The number of halogens is 1. The highest BCUT2D eigenvalue weighted by atomic mass is 79.9. The molecule has 4 nitrogen and oxygen atoms in total. The molecule has 2 rings (SSSR count). The SMILES string of the molecule is COc1ccc(Br)cc1S(=O)(=O)C1COC1. The first kappa shape index (κ1) is 11.9. The van der Waals surface area contributed by atoms with Crippen LogP contribution in [0, 0.1) is 0 Å². The maximum absolute atomic E-state index is 12.2. The minimum atomic E-state index is -3.35. The van der Waals surface area contributed by atoms with Crippen molar-refractivity contribution in [2.24, 2.45) is 0 Å². The molecule has 0 unspecified atom stereocenters. The second kappa shape index (κ2) is 4.35. The molecule has 1 aliphatic rings. The summed E-state index contributed by atoms with van der Waals surface area (Å²) in [6.07, 6.45) is 0. The number of methoxy groups -OCH3 is 1. The second-order valence-electron chi connectivity index (χ2n) is 3.50. The zero-order valence-corrected chi connectivity index (χ0v) is 11.0. The molecule has 1 aliphatic heterocycles. The molecule has 0 spiro atoms. The van der Waals surface area contributed by atoms with Gasteiger partial charge in [0, 0.05) is 4.47 Å². The summed E-state index contributed by atoms with van der Waals surface area (Å²) < 4.78 is 35.0. The Bertz CT molecular complexity index is 494. The molecule has 1 heterocycles. The summed E-state index contributed by atoms with van der Waals surface area (Å²) in [4.78, 5) is 0.220. The number of hydrogen-bond acceptors (Lipinski definition) is 4. The molecule has 0 atom stereocenters. The molecule has 1 aromatic rings. The Morgan fingerprint density at radius 1 is 1.44 bits per heavy atom. The summed E-state index contributed by atoms with van der Waals surface area (Å²) in [5.41, 5.74) is 0. The quantitative estimate of drug-likeness (QED) is 0.852. The van der Waals surface area contributed by atoms with Gasteiger partial charge in [0.1, 0.15) is 15.9 Å². The summed E-state index contributed by atoms with van der Waals surface area (Å²) in [6, 6.07) is 4.94. The standard InChI is InChI=1S/C10H11BrO4S/c1-14-9-3-2-7(11)4-10(9)16(12,13)8-5-15-6-8/h2-4,8H,5-6H2,1H3. The Kier molecular flexibility index (Phi) is 3.23. The van der Waals surface area contributed by atoms with Crippen molar-refractivity contribution in [3.05, 3.63) is 22.7 Å². The lowest BCUT2D eigenvalue weighted by atomic mass is 10.3. The minimum Gasteiger partial charge on any atom is -0.495 e. The third-order valence-corrected chi connectivity index (χ3v) is 5.05. The lowest BCUT2D eigenvalue weighted by Gasteiger charge is -2.26. The van der Waals surface area contributed by atoms with Crippen molar-refractivity contribution in [2.75, 3.05) is 20.3 Å². The summed E-state index contributed by atoms with van der Waals surface area (Å²) in [6.45, 7) is 0.524. The molecule has 1 aromatic carbocycles. The number of ether oxygens (including phenoxy) is 2. The van der Waals surface area contributed by atoms with E-state index in [1.165, 1.54) is 7.11 Å². The lowest BCUT2D eigenvalue weighted by molar-refractivity contribution is 0.0415. The normalized spacial score (nSPS) is 16.9. The van der Waals surface area contributed by atoms with Crippen LogP contribution in [-0.4, -0.2) is 34.0 Å². The topological polar surface area (TPSA) is 52.6 Å². The largest absolute Gasteiger partial charge is 0.495 e. The van der Waals surface area contributed by atoms with Crippen molar-refractivity contribution < 1.29 is 17.9 Å². The molecule has 88 valence electrons. The monoisotopic (exact) mass is 306 g/mol. The van der Waals surface area contributed by atoms with Crippen molar-refractivity contribution >= 4 is 25.8 Å². The van der Waals surface area contributed by atoms with Gasteiger partial charge in [-0.1, -0.05) is 15.9 Å². The van der Waals surface area contributed by atoms with Crippen LogP contribution < -0.4 is 4.74 Å². The summed E-state index contributed by atoms with van der Waals surface area (Å²) in [5, 5.41) is -0.448. The zero-order chi connectivity index (χ0) is 11.8. The Morgan fingerprint density at radius 2 is 2.12 bits per heavy atom. The Labute approximate surface area is 103 Å². The first-order chi connectivity index (χ1) is 7.55. The summed E-state index contributed by atoms with van der Waals surface area (Å²) >= 11 is 3.26. The van der Waals surface area contributed by atoms with Crippen molar-refractivity contribution in [3.63, 3.8) is 0 Å². The molecule has 1 saturated heterocycles. The van der Waals surface area contributed by atoms with Crippen molar-refractivity contribution in [2.45, 2.75) is 10.1 Å². The Hall–Kier alpha value is -0.590. The van der Waals surface area contributed by atoms with Crippen LogP contribution in [0.1, 0.15) is 0 Å². The van der Waals surface area contributed by atoms with E-state index in [1.54, 1.807) is 18.2 Å². The molecule has 0 radical (unpaired) electrons. The van der Waals surface area contributed by atoms with E-state index >= 15 is 0 Å². The van der Waals surface area contributed by atoms with Gasteiger partial charge in [0.25, 0.3) is 0 Å². The van der Waals surface area contributed by atoms with E-state index in [9.17, 15) is 8.42 Å². The zero-order valence-electron chi connectivity index (χ0n) is 8.64. The van der Waals surface area contributed by atoms with Gasteiger partial charge in [-0.05, 0) is 18.2 Å². The first-order valence-electron chi connectivity index (χ1n) is 4.71. The van der Waals surface area contributed by atoms with Crippen LogP contribution in [0.15, 0.2) is 27.6 Å². The van der Waals surface area contributed by atoms with Gasteiger partial charge in [0.2, 0.25) is 0 Å². The lowest BCUT2D eigenvalue weighted by Crippen LogP contribution is -2.40. The van der Waals surface area contributed by atoms with E-state index in [2.05, 4.69) is 15.9 Å². The van der Waals surface area contributed by atoms with E-state index < -0.39 is 15.1 Å². The number of benzene rings is 1. The van der Waals surface area contributed by atoms with Crippen molar-refractivity contribution in [1.29, 1.82) is 0 Å². The van der Waals surface area contributed by atoms with Gasteiger partial charge in [-0.25, -0.2) is 8.42 Å². The Balaban J connectivity index is 2.49. The highest BCUT2D eigenvalue weighted by molar-refractivity contribution is 9.10. The van der Waals surface area contributed by atoms with Crippen LogP contribution in [0.3, 0.4) is 0 Å². The van der Waals surface area contributed by atoms with Gasteiger partial charge in [-0.15, -0.1) is 0 Å². The number of sulfone groups is 1. The third kappa shape index (κ3) is 1.97. The van der Waals surface area contributed by atoms with Gasteiger partial charge in [-0.3, -0.25) is 0 Å². The van der Waals surface area contributed by atoms with Gasteiger partial charge in [0.15, 0.2) is 9.84 Å². The predicted molar refractivity (Wildman–Crippen MR) is 62.5 cm³/mol. The maximum Gasteiger partial charge on any atom is 0.189 e. The molecule has 0 N–H and O–H groups in total. The van der Waals surface area contributed by atoms with Crippen LogP contribution in [0.4, 0.5) is 0 Å². The van der Waals surface area contributed by atoms with E-state index in [1.807, 2.05) is 0 Å². The first-order valence-corrected chi connectivity index (χ1v) is 7.05. The highest BCUT2D eigenvalue weighted by Crippen LogP contribution is 2.31. The molecule has 0 aromatic heterocycles. The average molecular weight is 307 g/mol. The van der Waals surface area contributed by atoms with Crippen molar-refractivity contribution in [1.82, 2.24) is 0 Å². The molecule has 0 bridgehead atoms. The van der Waals surface area contributed by atoms with Gasteiger partial charge in [0.05, 0.1) is 20.3 Å². The predicted octanol–water partition coefficient (Wildman–Crippen LogP) is 1.63. The van der Waals surface area contributed by atoms with E-state index in [4.69, 9.17) is 9.47 Å². The fraction of sp³-hybridized carbons (Fsp3) is 0.400. The van der Waals surface area contributed by atoms with E-state index in [0.29, 0.717) is 10.2 Å². The van der Waals surface area contributed by atoms with E-state index in [0.717, 1.165) is 0 Å². The average Bonchev–Trinajstić information content (AvgIpc) is 2.14. The third-order valence-electron chi connectivity index (χ3n) is 2.48. The fourth-order valence-electron chi connectivity index (χ4n) is 1.45. The van der Waals surface area contributed by atoms with Crippen LogP contribution in [0.25, 0.3) is 0 Å². The smallest absolute Gasteiger partial charge is 0.189 e. The van der Waals surface area contributed by atoms with Crippen LogP contribution in [0.5, 0.6) is 5.75 Å². The fourth-order valence-corrected chi connectivity index (χ4v) is 3.59. The molecule has 6 heteroatoms. The summed E-state index contributed by atoms with van der Waals surface area (Å²) in [5.74, 6) is 0.370. The number of rotatable bonds is 3. The second-order valence-corrected chi connectivity index (χ2v) is 6.61. The van der Waals surface area contributed by atoms with Gasteiger partial charge >= 0.3 is 0 Å². The minimum absolute atomic E-state index is 0.220. The summed E-state index contributed by atoms with van der Waals surface area (Å²) in [7, 11) is -1.89. The maximum atomic E-state index is 12.2. The number of hydrogen-bond donors (Lipinski definition) is 0. The molecular formula is C10H11BrO4S. The molecular weight excluding hydrogens is 296 g/mol. The van der Waals surface area contributed by atoms with Gasteiger partial charge < -0.3 is 9.47 Å². The van der Waals surface area contributed by atoms with Gasteiger partial charge in [-0.2, -0.15) is 0 Å².